The van der Waals surface area contributed by atoms with Gasteiger partial charge < -0.3 is 34.9 Å². The van der Waals surface area contributed by atoms with E-state index in [1.165, 1.54) is 0 Å². The van der Waals surface area contributed by atoms with Gasteiger partial charge >= 0.3 is 6.18 Å². The first kappa shape index (κ1) is 35.4. The zero-order valence-corrected chi connectivity index (χ0v) is 24.8. The number of aliphatic hydroxyl groups is 1. The van der Waals surface area contributed by atoms with Crippen LogP contribution in [0.15, 0.2) is 18.2 Å². The van der Waals surface area contributed by atoms with E-state index in [2.05, 4.69) is 18.4 Å². The summed E-state index contributed by atoms with van der Waals surface area (Å²) in [6.07, 6.45) is -2.03. The number of aryl methyl sites for hydroxylation is 1. The van der Waals surface area contributed by atoms with E-state index >= 15 is 0 Å². The van der Waals surface area contributed by atoms with E-state index in [-0.39, 0.29) is 12.2 Å². The van der Waals surface area contributed by atoms with E-state index in [4.69, 9.17) is 20.4 Å². The average molecular weight is 595 g/mol. The molecule has 1 amide bonds. The normalized spacial score (nSPS) is 12.6. The number of aliphatic carboxylic acids is 1. The highest BCUT2D eigenvalue weighted by Crippen LogP contribution is 2.36. The predicted molar refractivity (Wildman–Crippen MR) is 144 cm³/mol. The summed E-state index contributed by atoms with van der Waals surface area (Å²) in [4.78, 5) is 23.1. The van der Waals surface area contributed by atoms with Crippen LogP contribution in [0, 0.1) is 0 Å². The fourth-order valence-electron chi connectivity index (χ4n) is 4.15. The minimum absolute atomic E-state index is 0.0359. The topological polar surface area (TPSA) is 142 Å². The molecule has 0 spiro atoms. The Morgan fingerprint density at radius 2 is 1.88 bits per heavy atom. The van der Waals surface area contributed by atoms with Crippen molar-refractivity contribution >= 4 is 30.1 Å². The summed E-state index contributed by atoms with van der Waals surface area (Å²) in [5.74, 6) is -1.33. The highest BCUT2D eigenvalue weighted by Gasteiger charge is 2.29. The lowest BCUT2D eigenvalue weighted by Gasteiger charge is -2.24. The third-order valence-corrected chi connectivity index (χ3v) is 6.84. The SMILES string of the molecule is CCCCCC(=O)N(CCOc1ccc2c(c1)n(C[C@H](C)O)c(CN)[n+]2CC)CP(C)(C)=O.O=C([O-])C(F)(F)F. The smallest absolute Gasteiger partial charge is 0.430 e. The van der Waals surface area contributed by atoms with Crippen LogP contribution in [0.4, 0.5) is 13.2 Å². The van der Waals surface area contributed by atoms with Crippen molar-refractivity contribution in [2.24, 2.45) is 5.73 Å². The van der Waals surface area contributed by atoms with Crippen molar-refractivity contribution in [3.63, 3.8) is 0 Å². The highest BCUT2D eigenvalue weighted by molar-refractivity contribution is 7.62. The molecule has 40 heavy (non-hydrogen) atoms. The first-order valence-corrected chi connectivity index (χ1v) is 16.0. The number of imidazole rings is 1. The number of carboxylic acid groups (broad SMARTS) is 1. The zero-order valence-electron chi connectivity index (χ0n) is 23.9. The number of alkyl halides is 3. The number of carboxylic acids is 1. The van der Waals surface area contributed by atoms with Crippen LogP contribution in [0.1, 0.15) is 52.3 Å². The molecule has 0 aliphatic carbocycles. The molecule has 228 valence electrons. The van der Waals surface area contributed by atoms with Crippen LogP contribution in [0.3, 0.4) is 0 Å². The van der Waals surface area contributed by atoms with E-state index in [1.807, 2.05) is 22.8 Å². The lowest BCUT2D eigenvalue weighted by molar-refractivity contribution is -0.676. The van der Waals surface area contributed by atoms with Crippen molar-refractivity contribution in [3.8, 4) is 5.75 Å². The maximum atomic E-state index is 12.7. The third-order valence-electron chi connectivity index (χ3n) is 5.82. The third kappa shape index (κ3) is 11.5. The lowest BCUT2D eigenvalue weighted by atomic mass is 10.2. The summed E-state index contributed by atoms with van der Waals surface area (Å²) in [6, 6.07) is 5.88. The van der Waals surface area contributed by atoms with Gasteiger partial charge in [-0.05, 0) is 45.7 Å². The molecule has 2 rings (SSSR count). The number of amides is 1. The highest BCUT2D eigenvalue weighted by atomic mass is 31.2. The van der Waals surface area contributed by atoms with Gasteiger partial charge in [-0.2, -0.15) is 13.2 Å². The van der Waals surface area contributed by atoms with Gasteiger partial charge in [-0.1, -0.05) is 19.8 Å². The molecule has 0 unspecified atom stereocenters. The number of nitrogens with zero attached hydrogens (tertiary/aromatic N) is 3. The largest absolute Gasteiger partial charge is 0.542 e. The van der Waals surface area contributed by atoms with Crippen LogP contribution >= 0.6 is 7.14 Å². The van der Waals surface area contributed by atoms with Crippen LogP contribution in [-0.4, -0.2) is 71.5 Å². The van der Waals surface area contributed by atoms with E-state index in [9.17, 15) is 27.6 Å². The van der Waals surface area contributed by atoms with E-state index < -0.39 is 25.4 Å². The molecule has 14 heteroatoms. The Morgan fingerprint density at radius 1 is 1.25 bits per heavy atom. The van der Waals surface area contributed by atoms with Gasteiger partial charge in [0.1, 0.15) is 32.0 Å². The van der Waals surface area contributed by atoms with E-state index in [1.54, 1.807) is 25.2 Å². The molecular formula is C26H42F3N4O6P. The molecule has 0 aliphatic heterocycles. The second kappa shape index (κ2) is 16.0. The van der Waals surface area contributed by atoms with Crippen molar-refractivity contribution in [2.75, 3.05) is 32.8 Å². The second-order valence-corrected chi connectivity index (χ2v) is 13.4. The summed E-state index contributed by atoms with van der Waals surface area (Å²) in [7, 11) is -2.38. The van der Waals surface area contributed by atoms with Crippen molar-refractivity contribution in [2.45, 2.75) is 78.4 Å². The number of halogens is 3. The molecule has 10 nitrogen and oxygen atoms in total. The Balaban J connectivity index is 0.00000101. The number of unbranched alkanes of at least 4 members (excludes halogenated alkanes) is 2. The summed E-state index contributed by atoms with van der Waals surface area (Å²) in [5, 5.41) is 18.8. The van der Waals surface area contributed by atoms with Crippen LogP contribution in [-0.2, 0) is 33.8 Å². The number of ether oxygens (including phenoxy) is 1. The van der Waals surface area contributed by atoms with Gasteiger partial charge in [0, 0.05) is 12.5 Å². The van der Waals surface area contributed by atoms with Crippen LogP contribution < -0.4 is 20.1 Å². The molecule has 0 saturated heterocycles. The van der Waals surface area contributed by atoms with Gasteiger partial charge in [-0.25, -0.2) is 9.13 Å². The van der Waals surface area contributed by atoms with Crippen LogP contribution in [0.25, 0.3) is 11.0 Å². The number of aromatic nitrogens is 2. The van der Waals surface area contributed by atoms with Crippen LogP contribution in [0.5, 0.6) is 5.75 Å². The molecular weight excluding hydrogens is 552 g/mol. The molecule has 3 N–H and O–H groups in total. The number of hydrogen-bond donors (Lipinski definition) is 2. The number of carbonyl (C=O) groups is 2. The number of benzene rings is 1. The van der Waals surface area contributed by atoms with Crippen molar-refractivity contribution in [3.05, 3.63) is 24.0 Å². The van der Waals surface area contributed by atoms with Crippen molar-refractivity contribution < 1.29 is 46.8 Å². The molecule has 0 fully saturated rings. The number of fused-ring (bicyclic) bond motifs is 1. The number of aliphatic hydroxyl groups excluding tert-OH is 1. The fraction of sp³-hybridized carbons (Fsp3) is 0.654. The Hall–Kier alpha value is -2.63. The van der Waals surface area contributed by atoms with Gasteiger partial charge in [0.05, 0.1) is 32.0 Å². The van der Waals surface area contributed by atoms with Gasteiger partial charge in [0.2, 0.25) is 5.91 Å². The standard InChI is InChI=1S/C24H42N4O4P.C2HF3O2/c1-6-8-9-10-24(30)26(18-33(4,5)31)13-14-32-20-11-12-21-22(15-20)28(17-19(3)29)23(16-25)27(21)7-2;3-2(4,5)1(6)7/h11-12,15,19,29H,6-10,13-14,16-18,25H2,1-5H3;(H,6,7)/q+1;/p-1/t19-;/m0./s1. The predicted octanol–water partition coefficient (Wildman–Crippen LogP) is 2.45. The molecule has 1 heterocycles. The lowest BCUT2D eigenvalue weighted by Crippen LogP contribution is -2.38. The molecule has 0 radical (unpaired) electrons. The Kier molecular flexibility index (Phi) is 14.1. The van der Waals surface area contributed by atoms with E-state index in [0.717, 1.165) is 42.7 Å². The minimum Gasteiger partial charge on any atom is -0.542 e. The van der Waals surface area contributed by atoms with Crippen LogP contribution in [0.2, 0.25) is 0 Å². The van der Waals surface area contributed by atoms with Gasteiger partial charge in [0.15, 0.2) is 11.0 Å². The number of nitrogens with two attached hydrogens (primary N) is 1. The molecule has 1 aromatic carbocycles. The quantitative estimate of drug-likeness (QED) is 0.194. The summed E-state index contributed by atoms with van der Waals surface area (Å²) in [6.45, 7) is 11.7. The summed E-state index contributed by atoms with van der Waals surface area (Å²) in [5.41, 5.74) is 8.02. The first-order valence-electron chi connectivity index (χ1n) is 13.2. The van der Waals surface area contributed by atoms with E-state index in [0.29, 0.717) is 38.4 Å². The second-order valence-electron chi connectivity index (χ2n) is 9.94. The van der Waals surface area contributed by atoms with Gasteiger partial charge in [-0.15, -0.1) is 0 Å². The molecule has 1 atom stereocenters. The number of hydrogen-bond acceptors (Lipinski definition) is 7. The molecule has 0 saturated carbocycles. The summed E-state index contributed by atoms with van der Waals surface area (Å²) >= 11 is 0. The van der Waals surface area contributed by atoms with Crippen molar-refractivity contribution in [1.82, 2.24) is 9.47 Å². The maximum Gasteiger partial charge on any atom is 0.430 e. The molecule has 1 aromatic heterocycles. The zero-order chi connectivity index (χ0) is 30.7. The van der Waals surface area contributed by atoms with Gasteiger partial charge in [0.25, 0.3) is 5.82 Å². The Labute approximate surface area is 233 Å². The first-order chi connectivity index (χ1) is 18.5. The Morgan fingerprint density at radius 3 is 2.35 bits per heavy atom. The number of rotatable bonds is 14. The molecule has 0 aliphatic rings. The Bertz CT molecular complexity index is 1160. The fourth-order valence-corrected chi connectivity index (χ4v) is 5.27. The minimum atomic E-state index is -5.19. The number of carbonyl (C=O) groups excluding carboxylic acids is 2. The maximum absolute atomic E-state index is 12.7. The molecule has 0 bridgehead atoms. The molecule has 2 aromatic rings. The van der Waals surface area contributed by atoms with Crippen molar-refractivity contribution in [1.29, 1.82) is 0 Å². The van der Waals surface area contributed by atoms with Gasteiger partial charge in [-0.3, -0.25) is 4.79 Å². The monoisotopic (exact) mass is 594 g/mol. The average Bonchev–Trinajstić information content (AvgIpc) is 3.13. The summed E-state index contributed by atoms with van der Waals surface area (Å²) < 4.78 is 54.1.